The van der Waals surface area contributed by atoms with Crippen molar-refractivity contribution in [1.29, 1.82) is 0 Å². The summed E-state index contributed by atoms with van der Waals surface area (Å²) in [4.78, 5) is 20.8. The first kappa shape index (κ1) is 18.9. The molecular weight excluding hydrogens is 388 g/mol. The molecule has 0 unspecified atom stereocenters. The number of aryl methyl sites for hydroxylation is 3. The number of amides is 1. The number of nitrogens with zero attached hydrogens (tertiary/aromatic N) is 4. The van der Waals surface area contributed by atoms with Crippen molar-refractivity contribution < 1.29 is 13.2 Å². The molecule has 3 rings (SSSR count). The normalized spacial score (nSPS) is 11.2. The van der Waals surface area contributed by atoms with Gasteiger partial charge in [-0.15, -0.1) is 5.10 Å². The van der Waals surface area contributed by atoms with Crippen LogP contribution in [0.2, 0.25) is 0 Å². The van der Waals surface area contributed by atoms with Crippen molar-refractivity contribution >= 4 is 39.0 Å². The summed E-state index contributed by atoms with van der Waals surface area (Å²) in [5, 5.41) is 6.47. The van der Waals surface area contributed by atoms with Gasteiger partial charge >= 0.3 is 0 Å². The first-order valence-corrected chi connectivity index (χ1v) is 10.1. The lowest BCUT2D eigenvalue weighted by Gasteiger charge is -2.09. The van der Waals surface area contributed by atoms with Crippen LogP contribution in [0, 0.1) is 20.8 Å². The van der Waals surface area contributed by atoms with E-state index < -0.39 is 10.0 Å². The van der Waals surface area contributed by atoms with Crippen LogP contribution in [0.25, 0.3) is 0 Å². The fourth-order valence-corrected chi connectivity index (χ4v) is 3.85. The molecule has 140 valence electrons. The van der Waals surface area contributed by atoms with Crippen LogP contribution in [0.3, 0.4) is 0 Å². The van der Waals surface area contributed by atoms with E-state index in [1.807, 2.05) is 0 Å². The average molecular weight is 404 g/mol. The SMILES string of the molecule is Cc1cc(NS(=O)(=O)c2ccc(NC(=O)c3snnc3C)cc2)nc(C)n1. The van der Waals surface area contributed by atoms with Gasteiger partial charge in [0.15, 0.2) is 0 Å². The van der Waals surface area contributed by atoms with E-state index in [0.717, 1.165) is 11.5 Å². The highest BCUT2D eigenvalue weighted by atomic mass is 32.2. The highest BCUT2D eigenvalue weighted by Gasteiger charge is 2.17. The van der Waals surface area contributed by atoms with Gasteiger partial charge in [0.1, 0.15) is 16.5 Å². The van der Waals surface area contributed by atoms with Gasteiger partial charge in [-0.25, -0.2) is 18.4 Å². The molecule has 3 aromatic rings. The molecule has 1 aromatic carbocycles. The van der Waals surface area contributed by atoms with Crippen molar-refractivity contribution in [2.45, 2.75) is 25.7 Å². The Kier molecular flexibility index (Phi) is 5.15. The second-order valence-electron chi connectivity index (χ2n) is 5.71. The molecule has 0 bridgehead atoms. The predicted molar refractivity (Wildman–Crippen MR) is 101 cm³/mol. The summed E-state index contributed by atoms with van der Waals surface area (Å²) in [7, 11) is -3.81. The van der Waals surface area contributed by atoms with E-state index in [1.165, 1.54) is 24.3 Å². The van der Waals surface area contributed by atoms with E-state index in [-0.39, 0.29) is 16.6 Å². The number of hydrogen-bond donors (Lipinski definition) is 2. The third kappa shape index (κ3) is 4.44. The van der Waals surface area contributed by atoms with Gasteiger partial charge < -0.3 is 5.32 Å². The van der Waals surface area contributed by atoms with Gasteiger partial charge in [-0.2, -0.15) is 0 Å². The van der Waals surface area contributed by atoms with Crippen LogP contribution >= 0.6 is 11.5 Å². The molecule has 0 saturated heterocycles. The molecule has 27 heavy (non-hydrogen) atoms. The number of rotatable bonds is 5. The number of carbonyl (C=O) groups excluding carboxylic acids is 1. The molecule has 0 atom stereocenters. The number of sulfonamides is 1. The third-order valence-corrected chi connectivity index (χ3v) is 5.68. The van der Waals surface area contributed by atoms with E-state index >= 15 is 0 Å². The van der Waals surface area contributed by atoms with Crippen molar-refractivity contribution in [3.05, 3.63) is 52.4 Å². The molecule has 1 amide bonds. The molecule has 2 heterocycles. The quantitative estimate of drug-likeness (QED) is 0.668. The molecule has 2 N–H and O–H groups in total. The molecule has 11 heteroatoms. The first-order chi connectivity index (χ1) is 12.7. The Morgan fingerprint density at radius 3 is 2.37 bits per heavy atom. The zero-order chi connectivity index (χ0) is 19.6. The molecule has 0 radical (unpaired) electrons. The summed E-state index contributed by atoms with van der Waals surface area (Å²) in [6.45, 7) is 5.13. The number of aromatic nitrogens is 4. The summed E-state index contributed by atoms with van der Waals surface area (Å²) in [5.74, 6) is 0.326. The number of benzene rings is 1. The summed E-state index contributed by atoms with van der Waals surface area (Å²) in [5.41, 5.74) is 1.66. The molecule has 0 fully saturated rings. The van der Waals surface area contributed by atoms with Crippen LogP contribution in [0.1, 0.15) is 26.9 Å². The topological polar surface area (TPSA) is 127 Å². The molecule has 0 spiro atoms. The summed E-state index contributed by atoms with van der Waals surface area (Å²) >= 11 is 0.997. The highest BCUT2D eigenvalue weighted by molar-refractivity contribution is 7.92. The van der Waals surface area contributed by atoms with E-state index in [2.05, 4.69) is 29.6 Å². The van der Waals surface area contributed by atoms with Crippen LogP contribution in [0.5, 0.6) is 0 Å². The Labute approximate surface area is 160 Å². The lowest BCUT2D eigenvalue weighted by Crippen LogP contribution is -2.15. The van der Waals surface area contributed by atoms with E-state index in [9.17, 15) is 13.2 Å². The molecule has 0 aliphatic heterocycles. The van der Waals surface area contributed by atoms with Crippen LogP contribution in [0.15, 0.2) is 35.2 Å². The highest BCUT2D eigenvalue weighted by Crippen LogP contribution is 2.19. The third-order valence-electron chi connectivity index (χ3n) is 3.49. The Hall–Kier alpha value is -2.92. The Balaban J connectivity index is 1.75. The zero-order valence-electron chi connectivity index (χ0n) is 14.7. The van der Waals surface area contributed by atoms with Crippen LogP contribution in [-0.4, -0.2) is 33.9 Å². The molecule has 0 saturated carbocycles. The van der Waals surface area contributed by atoms with E-state index in [0.29, 0.717) is 27.8 Å². The number of hydrogen-bond acceptors (Lipinski definition) is 8. The van der Waals surface area contributed by atoms with Crippen molar-refractivity contribution in [2.75, 3.05) is 10.0 Å². The minimum Gasteiger partial charge on any atom is -0.321 e. The van der Waals surface area contributed by atoms with Gasteiger partial charge in [0.2, 0.25) is 0 Å². The van der Waals surface area contributed by atoms with Gasteiger partial charge in [-0.3, -0.25) is 9.52 Å². The summed E-state index contributed by atoms with van der Waals surface area (Å²) < 4.78 is 31.2. The summed E-state index contributed by atoms with van der Waals surface area (Å²) in [6.07, 6.45) is 0. The van der Waals surface area contributed by atoms with Gasteiger partial charge in [0.25, 0.3) is 15.9 Å². The minimum atomic E-state index is -3.81. The van der Waals surface area contributed by atoms with Crippen molar-refractivity contribution in [2.24, 2.45) is 0 Å². The van der Waals surface area contributed by atoms with Gasteiger partial charge in [0, 0.05) is 17.4 Å². The zero-order valence-corrected chi connectivity index (χ0v) is 16.3. The first-order valence-electron chi connectivity index (χ1n) is 7.80. The average Bonchev–Trinajstić information content (AvgIpc) is 3.00. The predicted octanol–water partition coefficient (Wildman–Crippen LogP) is 2.31. The second kappa shape index (κ2) is 7.37. The van der Waals surface area contributed by atoms with Crippen LogP contribution < -0.4 is 10.0 Å². The van der Waals surface area contributed by atoms with E-state index in [4.69, 9.17) is 0 Å². The molecule has 0 aliphatic carbocycles. The van der Waals surface area contributed by atoms with Crippen molar-refractivity contribution in [3.63, 3.8) is 0 Å². The van der Waals surface area contributed by atoms with Crippen molar-refractivity contribution in [1.82, 2.24) is 19.6 Å². The lowest BCUT2D eigenvalue weighted by molar-refractivity contribution is 0.103. The minimum absolute atomic E-state index is 0.0463. The Morgan fingerprint density at radius 1 is 1.07 bits per heavy atom. The Bertz CT molecular complexity index is 1070. The summed E-state index contributed by atoms with van der Waals surface area (Å²) in [6, 6.07) is 7.36. The molecule has 2 aromatic heterocycles. The fourth-order valence-electron chi connectivity index (χ4n) is 2.31. The molecule has 9 nitrogen and oxygen atoms in total. The number of nitrogens with one attached hydrogen (secondary N) is 2. The van der Waals surface area contributed by atoms with Gasteiger partial charge in [0.05, 0.1) is 10.6 Å². The maximum absolute atomic E-state index is 12.5. The van der Waals surface area contributed by atoms with E-state index in [1.54, 1.807) is 26.8 Å². The van der Waals surface area contributed by atoms with Crippen molar-refractivity contribution in [3.8, 4) is 0 Å². The van der Waals surface area contributed by atoms with Crippen LogP contribution in [-0.2, 0) is 10.0 Å². The van der Waals surface area contributed by atoms with Gasteiger partial charge in [-0.05, 0) is 56.6 Å². The maximum atomic E-state index is 12.5. The Morgan fingerprint density at radius 2 is 1.78 bits per heavy atom. The molecule has 0 aliphatic rings. The number of carbonyl (C=O) groups is 1. The number of anilines is 2. The van der Waals surface area contributed by atoms with Gasteiger partial charge in [-0.1, -0.05) is 4.49 Å². The lowest BCUT2D eigenvalue weighted by atomic mass is 10.3. The second-order valence-corrected chi connectivity index (χ2v) is 8.15. The monoisotopic (exact) mass is 404 g/mol. The molecular formula is C16H16N6O3S2. The fraction of sp³-hybridized carbons (Fsp3) is 0.188. The largest absolute Gasteiger partial charge is 0.321 e. The smallest absolute Gasteiger partial charge is 0.269 e. The maximum Gasteiger partial charge on any atom is 0.269 e. The van der Waals surface area contributed by atoms with Crippen LogP contribution in [0.4, 0.5) is 11.5 Å². The standard InChI is InChI=1S/C16H16N6O3S2/c1-9-8-14(18-11(3)17-9)21-27(24,25)13-6-4-12(5-7-13)19-16(23)15-10(2)20-22-26-15/h4-8H,1-3H3,(H,19,23)(H,17,18,21).